The average molecular weight is 222 g/mol. The third-order valence-electron chi connectivity index (χ3n) is 1.86. The van der Waals surface area contributed by atoms with Gasteiger partial charge in [-0.25, -0.2) is 4.79 Å². The number of thioether (sulfide) groups is 1. The average Bonchev–Trinajstić information content (AvgIpc) is 2.29. The maximum atomic E-state index is 11.0. The van der Waals surface area contributed by atoms with Gasteiger partial charge in [-0.2, -0.15) is 11.8 Å². The molecule has 0 spiro atoms. The highest BCUT2D eigenvalue weighted by atomic mass is 32.2. The van der Waals surface area contributed by atoms with Crippen LogP contribution in [0.2, 0.25) is 0 Å². The van der Waals surface area contributed by atoms with Crippen molar-refractivity contribution >= 4 is 17.7 Å². The smallest absolute Gasteiger partial charge is 0.333 e. The number of rotatable bonds is 5. The van der Waals surface area contributed by atoms with Crippen LogP contribution in [0.5, 0.6) is 0 Å². The summed E-state index contributed by atoms with van der Waals surface area (Å²) in [6.45, 7) is 3.66. The van der Waals surface area contributed by atoms with Crippen LogP contribution >= 0.6 is 11.8 Å². The molecule has 0 bridgehead atoms. The van der Waals surface area contributed by atoms with Crippen molar-refractivity contribution in [2.75, 3.05) is 12.9 Å². The van der Waals surface area contributed by atoms with Crippen molar-refractivity contribution in [3.05, 3.63) is 48.0 Å². The topological polar surface area (TPSA) is 26.3 Å². The molecule has 3 heteroatoms. The van der Waals surface area contributed by atoms with Gasteiger partial charge in [-0.15, -0.1) is 0 Å². The molecule has 0 aliphatic heterocycles. The minimum absolute atomic E-state index is 0.324. The van der Waals surface area contributed by atoms with Crippen LogP contribution in [-0.4, -0.2) is 18.8 Å². The fraction of sp³-hybridized carbons (Fsp3) is 0.250. The predicted octanol–water partition coefficient (Wildman–Crippen LogP) is 2.65. The molecule has 0 amide bonds. The Labute approximate surface area is 94.3 Å². The van der Waals surface area contributed by atoms with Crippen molar-refractivity contribution < 1.29 is 9.53 Å². The number of methoxy groups -OCH3 is 1. The van der Waals surface area contributed by atoms with Crippen molar-refractivity contribution in [3.63, 3.8) is 0 Å². The Morgan fingerprint density at radius 2 is 2.07 bits per heavy atom. The van der Waals surface area contributed by atoms with Crippen molar-refractivity contribution in [2.45, 2.75) is 5.75 Å². The molecule has 0 radical (unpaired) electrons. The lowest BCUT2D eigenvalue weighted by Gasteiger charge is -2.03. The third kappa shape index (κ3) is 4.21. The van der Waals surface area contributed by atoms with Crippen LogP contribution in [0.25, 0.3) is 0 Å². The van der Waals surface area contributed by atoms with Crippen molar-refractivity contribution in [3.8, 4) is 0 Å². The molecule has 0 saturated carbocycles. The quantitative estimate of drug-likeness (QED) is 0.566. The van der Waals surface area contributed by atoms with Gasteiger partial charge in [0.05, 0.1) is 7.11 Å². The lowest BCUT2D eigenvalue weighted by atomic mass is 10.2. The summed E-state index contributed by atoms with van der Waals surface area (Å²) in [5.74, 6) is 1.17. The molecule has 0 N–H and O–H groups in total. The highest BCUT2D eigenvalue weighted by Gasteiger charge is 2.05. The minimum atomic E-state index is -0.324. The summed E-state index contributed by atoms with van der Waals surface area (Å²) in [4.78, 5) is 11.0. The first-order valence-corrected chi connectivity index (χ1v) is 5.77. The molecule has 80 valence electrons. The van der Waals surface area contributed by atoms with Gasteiger partial charge in [0.15, 0.2) is 0 Å². The maximum absolute atomic E-state index is 11.0. The molecule has 1 rings (SSSR count). The Kier molecular flexibility index (Phi) is 4.98. The second-order valence-corrected chi connectivity index (χ2v) is 4.06. The van der Waals surface area contributed by atoms with Gasteiger partial charge in [-0.1, -0.05) is 36.9 Å². The molecule has 0 unspecified atom stereocenters. The fourth-order valence-electron chi connectivity index (χ4n) is 1.07. The molecule has 2 nitrogen and oxygen atoms in total. The van der Waals surface area contributed by atoms with Crippen molar-refractivity contribution in [2.24, 2.45) is 0 Å². The lowest BCUT2D eigenvalue weighted by molar-refractivity contribution is -0.135. The number of ether oxygens (including phenoxy) is 1. The number of hydrogen-bond donors (Lipinski definition) is 0. The normalized spacial score (nSPS) is 9.67. The summed E-state index contributed by atoms with van der Waals surface area (Å²) < 4.78 is 4.56. The molecule has 0 atom stereocenters. The first-order chi connectivity index (χ1) is 7.24. The molecule has 0 fully saturated rings. The Morgan fingerprint density at radius 3 is 2.67 bits per heavy atom. The van der Waals surface area contributed by atoms with Gasteiger partial charge < -0.3 is 4.74 Å². The Bertz CT molecular complexity index is 333. The molecule has 0 aliphatic rings. The predicted molar refractivity (Wildman–Crippen MR) is 63.8 cm³/mol. The van der Waals surface area contributed by atoms with Gasteiger partial charge >= 0.3 is 5.97 Å². The minimum Gasteiger partial charge on any atom is -0.466 e. The number of benzene rings is 1. The van der Waals surface area contributed by atoms with Gasteiger partial charge in [0.25, 0.3) is 0 Å². The summed E-state index contributed by atoms with van der Waals surface area (Å²) in [7, 11) is 1.37. The summed E-state index contributed by atoms with van der Waals surface area (Å²) in [5, 5.41) is 0. The largest absolute Gasteiger partial charge is 0.466 e. The summed E-state index contributed by atoms with van der Waals surface area (Å²) >= 11 is 1.66. The van der Waals surface area contributed by atoms with Crippen LogP contribution in [0.4, 0.5) is 0 Å². The van der Waals surface area contributed by atoms with E-state index in [0.29, 0.717) is 11.3 Å². The van der Waals surface area contributed by atoms with Gasteiger partial charge in [0, 0.05) is 17.1 Å². The van der Waals surface area contributed by atoms with E-state index in [1.807, 2.05) is 18.2 Å². The summed E-state index contributed by atoms with van der Waals surface area (Å²) in [6, 6.07) is 10.1. The van der Waals surface area contributed by atoms with Crippen LogP contribution in [0, 0.1) is 0 Å². The Hall–Kier alpha value is -1.22. The van der Waals surface area contributed by atoms with Crippen LogP contribution in [0.3, 0.4) is 0 Å². The van der Waals surface area contributed by atoms with Crippen LogP contribution in [0.1, 0.15) is 5.56 Å². The molecule has 0 heterocycles. The molecular formula is C12H14O2S. The van der Waals surface area contributed by atoms with E-state index in [1.165, 1.54) is 12.7 Å². The van der Waals surface area contributed by atoms with Crippen LogP contribution in [0.15, 0.2) is 42.5 Å². The van der Waals surface area contributed by atoms with E-state index in [-0.39, 0.29) is 5.97 Å². The second kappa shape index (κ2) is 6.30. The zero-order valence-corrected chi connectivity index (χ0v) is 9.55. The molecule has 15 heavy (non-hydrogen) atoms. The molecule has 0 aromatic heterocycles. The number of carbonyl (C=O) groups is 1. The Morgan fingerprint density at radius 1 is 1.40 bits per heavy atom. The number of esters is 1. The van der Waals surface area contributed by atoms with Crippen LogP contribution < -0.4 is 0 Å². The molecule has 0 aliphatic carbocycles. The summed E-state index contributed by atoms with van der Waals surface area (Å²) in [5.41, 5.74) is 1.76. The van der Waals surface area contributed by atoms with E-state index in [2.05, 4.69) is 23.4 Å². The SMILES string of the molecule is C=C(CSCc1ccccc1)C(=O)OC. The number of carbonyl (C=O) groups excluding carboxylic acids is 1. The molecule has 0 saturated heterocycles. The van der Waals surface area contributed by atoms with E-state index in [0.717, 1.165) is 5.75 Å². The van der Waals surface area contributed by atoms with Gasteiger partial charge in [0.1, 0.15) is 0 Å². The highest BCUT2D eigenvalue weighted by molar-refractivity contribution is 7.98. The van der Waals surface area contributed by atoms with E-state index >= 15 is 0 Å². The van der Waals surface area contributed by atoms with E-state index in [4.69, 9.17) is 0 Å². The summed E-state index contributed by atoms with van der Waals surface area (Å²) in [6.07, 6.45) is 0. The first kappa shape index (κ1) is 11.9. The highest BCUT2D eigenvalue weighted by Crippen LogP contribution is 2.14. The van der Waals surface area contributed by atoms with Crippen molar-refractivity contribution in [1.29, 1.82) is 0 Å². The first-order valence-electron chi connectivity index (χ1n) is 4.62. The molecule has 1 aromatic carbocycles. The van der Waals surface area contributed by atoms with Gasteiger partial charge in [-0.05, 0) is 5.56 Å². The fourth-order valence-corrected chi connectivity index (χ4v) is 1.96. The van der Waals surface area contributed by atoms with Gasteiger partial charge in [-0.3, -0.25) is 0 Å². The monoisotopic (exact) mass is 222 g/mol. The van der Waals surface area contributed by atoms with E-state index < -0.39 is 0 Å². The third-order valence-corrected chi connectivity index (χ3v) is 2.95. The van der Waals surface area contributed by atoms with Gasteiger partial charge in [0.2, 0.25) is 0 Å². The molecule has 1 aromatic rings. The lowest BCUT2D eigenvalue weighted by Crippen LogP contribution is -2.05. The molecular weight excluding hydrogens is 208 g/mol. The second-order valence-electron chi connectivity index (χ2n) is 3.07. The zero-order chi connectivity index (χ0) is 11.1. The zero-order valence-electron chi connectivity index (χ0n) is 8.73. The standard InChI is InChI=1S/C12H14O2S/c1-10(12(13)14-2)8-15-9-11-6-4-3-5-7-11/h3-7H,1,8-9H2,2H3. The van der Waals surface area contributed by atoms with E-state index in [9.17, 15) is 4.79 Å². The van der Waals surface area contributed by atoms with E-state index in [1.54, 1.807) is 11.8 Å². The maximum Gasteiger partial charge on any atom is 0.333 e. The number of hydrogen-bond acceptors (Lipinski definition) is 3. The van der Waals surface area contributed by atoms with Crippen molar-refractivity contribution in [1.82, 2.24) is 0 Å². The Balaban J connectivity index is 2.28. The van der Waals surface area contributed by atoms with Crippen LogP contribution in [-0.2, 0) is 15.3 Å².